The van der Waals surface area contributed by atoms with Crippen molar-refractivity contribution >= 4 is 17.6 Å². The lowest BCUT2D eigenvalue weighted by molar-refractivity contribution is -0.131. The quantitative estimate of drug-likeness (QED) is 0.662. The van der Waals surface area contributed by atoms with Crippen LogP contribution in [0.3, 0.4) is 0 Å². The van der Waals surface area contributed by atoms with Crippen LogP contribution in [0.2, 0.25) is 0 Å². The number of hydrogen-bond donors (Lipinski definition) is 3. The number of ketones is 1. The Labute approximate surface area is 163 Å². The van der Waals surface area contributed by atoms with Gasteiger partial charge in [0.25, 0.3) is 11.5 Å². The summed E-state index contributed by atoms with van der Waals surface area (Å²) in [5.74, 6) is -0.462. The van der Waals surface area contributed by atoms with E-state index in [9.17, 15) is 19.2 Å². The van der Waals surface area contributed by atoms with Crippen molar-refractivity contribution < 1.29 is 19.1 Å². The van der Waals surface area contributed by atoms with Crippen LogP contribution in [0.4, 0.5) is 0 Å². The number of ether oxygens (including phenoxy) is 1. The van der Waals surface area contributed by atoms with Crippen molar-refractivity contribution in [2.45, 2.75) is 46.1 Å². The predicted octanol–water partition coefficient (Wildman–Crippen LogP) is 0.689. The Bertz CT molecular complexity index is 847. The molecule has 28 heavy (non-hydrogen) atoms. The summed E-state index contributed by atoms with van der Waals surface area (Å²) < 4.78 is 5.37. The van der Waals surface area contributed by atoms with E-state index in [1.807, 2.05) is 13.8 Å². The largest absolute Gasteiger partial charge is 0.376 e. The standard InChI is InChI=1S/C20H27N3O5/c1-12(10-22-19(27)20(2)5-3-14(24)8-20)9-21-17(25)15-7-13-11-28-6-4-16(13)23-18(15)26/h7,12H,3-6,8-11H2,1-2H3,(H,21,25)(H,22,27)(H,23,26). The summed E-state index contributed by atoms with van der Waals surface area (Å²) in [6.07, 6.45) is 1.95. The van der Waals surface area contributed by atoms with Crippen molar-refractivity contribution in [3.05, 3.63) is 33.2 Å². The molecular formula is C20H27N3O5. The molecular weight excluding hydrogens is 362 g/mol. The first-order chi connectivity index (χ1) is 13.3. The van der Waals surface area contributed by atoms with Gasteiger partial charge in [-0.05, 0) is 24.0 Å². The summed E-state index contributed by atoms with van der Waals surface area (Å²) in [5, 5.41) is 5.63. The summed E-state index contributed by atoms with van der Waals surface area (Å²) >= 11 is 0. The van der Waals surface area contributed by atoms with E-state index in [0.717, 1.165) is 11.3 Å². The minimum Gasteiger partial charge on any atom is -0.376 e. The van der Waals surface area contributed by atoms with Crippen molar-refractivity contribution in [1.82, 2.24) is 15.6 Å². The fourth-order valence-electron chi connectivity index (χ4n) is 3.62. The Kier molecular flexibility index (Phi) is 5.98. The first kappa shape index (κ1) is 20.3. The highest BCUT2D eigenvalue weighted by atomic mass is 16.5. The van der Waals surface area contributed by atoms with Crippen LogP contribution in [0.15, 0.2) is 10.9 Å². The highest BCUT2D eigenvalue weighted by molar-refractivity contribution is 5.94. The maximum Gasteiger partial charge on any atom is 0.261 e. The van der Waals surface area contributed by atoms with E-state index in [-0.39, 0.29) is 29.6 Å². The second kappa shape index (κ2) is 8.26. The lowest BCUT2D eigenvalue weighted by Crippen LogP contribution is -2.42. The Morgan fingerprint density at radius 2 is 2.00 bits per heavy atom. The normalized spacial score (nSPS) is 22.4. The number of Topliss-reactive ketones (excluding diaryl/α,β-unsaturated/α-hetero) is 1. The molecule has 2 unspecified atom stereocenters. The van der Waals surface area contributed by atoms with Gasteiger partial charge in [-0.2, -0.15) is 0 Å². The van der Waals surface area contributed by atoms with Gasteiger partial charge in [-0.3, -0.25) is 19.2 Å². The molecule has 1 aromatic rings. The molecule has 2 heterocycles. The second-order valence-electron chi connectivity index (χ2n) is 8.12. The summed E-state index contributed by atoms with van der Waals surface area (Å²) in [6, 6.07) is 1.59. The SMILES string of the molecule is CC(CNC(=O)c1cc2c([nH]c1=O)CCOC2)CNC(=O)C1(C)CCC(=O)C1. The van der Waals surface area contributed by atoms with Gasteiger partial charge in [0.2, 0.25) is 5.91 Å². The summed E-state index contributed by atoms with van der Waals surface area (Å²) in [5.41, 5.74) is 0.687. The zero-order valence-electron chi connectivity index (χ0n) is 16.4. The molecule has 1 aliphatic carbocycles. The third kappa shape index (κ3) is 4.49. The number of aromatic nitrogens is 1. The van der Waals surface area contributed by atoms with Crippen molar-refractivity contribution in [2.75, 3.05) is 19.7 Å². The number of aromatic amines is 1. The molecule has 1 aliphatic heterocycles. The van der Waals surface area contributed by atoms with Crippen LogP contribution in [0, 0.1) is 11.3 Å². The molecule has 0 spiro atoms. The van der Waals surface area contributed by atoms with E-state index < -0.39 is 16.9 Å². The predicted molar refractivity (Wildman–Crippen MR) is 102 cm³/mol. The van der Waals surface area contributed by atoms with Crippen LogP contribution < -0.4 is 16.2 Å². The highest BCUT2D eigenvalue weighted by Crippen LogP contribution is 2.35. The molecule has 3 N–H and O–H groups in total. The van der Waals surface area contributed by atoms with E-state index in [0.29, 0.717) is 45.6 Å². The monoisotopic (exact) mass is 389 g/mol. The van der Waals surface area contributed by atoms with Crippen LogP contribution in [-0.4, -0.2) is 42.3 Å². The first-order valence-corrected chi connectivity index (χ1v) is 9.69. The average molecular weight is 389 g/mol. The van der Waals surface area contributed by atoms with Gasteiger partial charge in [0.15, 0.2) is 0 Å². The van der Waals surface area contributed by atoms with Gasteiger partial charge in [0, 0.05) is 38.0 Å². The first-order valence-electron chi connectivity index (χ1n) is 9.69. The van der Waals surface area contributed by atoms with Crippen LogP contribution >= 0.6 is 0 Å². The van der Waals surface area contributed by atoms with E-state index in [1.54, 1.807) is 6.07 Å². The molecule has 8 heteroatoms. The summed E-state index contributed by atoms with van der Waals surface area (Å²) in [7, 11) is 0. The molecule has 1 saturated carbocycles. The number of pyridine rings is 1. The number of amides is 2. The molecule has 8 nitrogen and oxygen atoms in total. The Balaban J connectivity index is 1.50. The Morgan fingerprint density at radius 1 is 1.25 bits per heavy atom. The molecule has 0 aromatic carbocycles. The molecule has 2 atom stereocenters. The third-order valence-electron chi connectivity index (χ3n) is 5.53. The fourth-order valence-corrected chi connectivity index (χ4v) is 3.62. The smallest absolute Gasteiger partial charge is 0.261 e. The molecule has 1 aromatic heterocycles. The lowest BCUT2D eigenvalue weighted by Gasteiger charge is -2.23. The number of H-pyrrole nitrogens is 1. The van der Waals surface area contributed by atoms with E-state index >= 15 is 0 Å². The molecule has 0 radical (unpaired) electrons. The molecule has 2 amide bonds. The van der Waals surface area contributed by atoms with E-state index in [1.165, 1.54) is 0 Å². The maximum atomic E-state index is 12.4. The second-order valence-corrected chi connectivity index (χ2v) is 8.12. The van der Waals surface area contributed by atoms with Gasteiger partial charge in [-0.25, -0.2) is 0 Å². The van der Waals surface area contributed by atoms with Gasteiger partial charge in [-0.15, -0.1) is 0 Å². The summed E-state index contributed by atoms with van der Waals surface area (Å²) in [4.78, 5) is 51.1. The number of carbonyl (C=O) groups is 3. The topological polar surface area (TPSA) is 117 Å². The van der Waals surface area contributed by atoms with Gasteiger partial charge in [0.1, 0.15) is 11.3 Å². The lowest BCUT2D eigenvalue weighted by atomic mass is 9.87. The van der Waals surface area contributed by atoms with Crippen molar-refractivity contribution in [3.8, 4) is 0 Å². The fraction of sp³-hybridized carbons (Fsp3) is 0.600. The van der Waals surface area contributed by atoms with Crippen molar-refractivity contribution in [1.29, 1.82) is 0 Å². The number of nitrogens with one attached hydrogen (secondary N) is 3. The number of carbonyl (C=O) groups excluding carboxylic acids is 3. The minimum absolute atomic E-state index is 0.0198. The zero-order valence-corrected chi connectivity index (χ0v) is 16.4. The van der Waals surface area contributed by atoms with Crippen LogP contribution in [0.1, 0.15) is 54.7 Å². The zero-order chi connectivity index (χ0) is 20.3. The highest BCUT2D eigenvalue weighted by Gasteiger charge is 2.40. The van der Waals surface area contributed by atoms with Crippen LogP contribution in [0.25, 0.3) is 0 Å². The van der Waals surface area contributed by atoms with E-state index in [2.05, 4.69) is 15.6 Å². The van der Waals surface area contributed by atoms with Gasteiger partial charge < -0.3 is 20.4 Å². The van der Waals surface area contributed by atoms with E-state index in [4.69, 9.17) is 4.74 Å². The summed E-state index contributed by atoms with van der Waals surface area (Å²) in [6.45, 7) is 5.36. The number of hydrogen-bond acceptors (Lipinski definition) is 5. The molecule has 2 aliphatic rings. The van der Waals surface area contributed by atoms with Crippen molar-refractivity contribution in [2.24, 2.45) is 11.3 Å². The Morgan fingerprint density at radius 3 is 2.71 bits per heavy atom. The molecule has 0 saturated heterocycles. The minimum atomic E-state index is -0.626. The van der Waals surface area contributed by atoms with Gasteiger partial charge in [-0.1, -0.05) is 13.8 Å². The maximum absolute atomic E-state index is 12.4. The van der Waals surface area contributed by atoms with Crippen molar-refractivity contribution in [3.63, 3.8) is 0 Å². The Hall–Kier alpha value is -2.48. The average Bonchev–Trinajstić information content (AvgIpc) is 3.03. The third-order valence-corrected chi connectivity index (χ3v) is 5.53. The molecule has 3 rings (SSSR count). The van der Waals surface area contributed by atoms with Crippen LogP contribution in [-0.2, 0) is 27.4 Å². The van der Waals surface area contributed by atoms with Gasteiger partial charge >= 0.3 is 0 Å². The molecule has 0 bridgehead atoms. The molecule has 152 valence electrons. The molecule has 1 fully saturated rings. The number of fused-ring (bicyclic) bond motifs is 1. The van der Waals surface area contributed by atoms with Gasteiger partial charge in [0.05, 0.1) is 18.6 Å². The van der Waals surface area contributed by atoms with Crippen LogP contribution in [0.5, 0.6) is 0 Å². The number of rotatable bonds is 6.